The average molecular weight is 353 g/mol. The van der Waals surface area contributed by atoms with Gasteiger partial charge in [-0.2, -0.15) is 0 Å². The number of amidine groups is 1. The fourth-order valence-corrected chi connectivity index (χ4v) is 2.63. The highest BCUT2D eigenvalue weighted by molar-refractivity contribution is 5.96. The van der Waals surface area contributed by atoms with E-state index in [4.69, 9.17) is 20.6 Å². The Balaban J connectivity index is 1.62. The fourth-order valence-electron chi connectivity index (χ4n) is 2.63. The van der Waals surface area contributed by atoms with Crippen LogP contribution in [-0.2, 0) is 4.74 Å². The first-order chi connectivity index (χ1) is 12.4. The number of nitrogen functional groups attached to an aromatic ring is 1. The number of benzene rings is 2. The van der Waals surface area contributed by atoms with Gasteiger partial charge in [-0.05, 0) is 43.3 Å². The molecule has 1 heterocycles. The lowest BCUT2D eigenvalue weighted by Crippen LogP contribution is -2.26. The Morgan fingerprint density at radius 3 is 2.65 bits per heavy atom. The van der Waals surface area contributed by atoms with E-state index >= 15 is 0 Å². The number of hydrogen-bond donors (Lipinski definition) is 2. The summed E-state index contributed by atoms with van der Waals surface area (Å²) in [7, 11) is 0. The normalized spacial score (nSPS) is 16.3. The second-order valence-electron chi connectivity index (χ2n) is 5.97. The second-order valence-corrected chi connectivity index (χ2v) is 5.97. The van der Waals surface area contributed by atoms with E-state index in [0.29, 0.717) is 29.1 Å². The first-order valence-electron chi connectivity index (χ1n) is 8.10. The molecule has 0 radical (unpaired) electrons. The van der Waals surface area contributed by atoms with E-state index in [1.54, 1.807) is 48.5 Å². The first-order valence-corrected chi connectivity index (χ1v) is 8.10. The van der Waals surface area contributed by atoms with Gasteiger partial charge < -0.3 is 15.2 Å². The van der Waals surface area contributed by atoms with Gasteiger partial charge in [0, 0.05) is 16.8 Å². The van der Waals surface area contributed by atoms with Crippen LogP contribution in [0.1, 0.15) is 22.8 Å². The van der Waals surface area contributed by atoms with Gasteiger partial charge in [0.2, 0.25) is 0 Å². The zero-order chi connectivity index (χ0) is 18.7. The third kappa shape index (κ3) is 3.83. The lowest BCUT2D eigenvalue weighted by atomic mass is 10.1. The molecule has 0 spiro atoms. The maximum absolute atomic E-state index is 12.1. The van der Waals surface area contributed by atoms with Crippen molar-refractivity contribution in [3.8, 4) is 5.75 Å². The number of hydrogen-bond acceptors (Lipinski definition) is 5. The van der Waals surface area contributed by atoms with Crippen molar-refractivity contribution in [2.75, 3.05) is 18.1 Å². The Morgan fingerprint density at radius 2 is 2.00 bits per heavy atom. The summed E-state index contributed by atoms with van der Waals surface area (Å²) in [6, 6.07) is 13.7. The van der Waals surface area contributed by atoms with Gasteiger partial charge in [-0.15, -0.1) is 0 Å². The van der Waals surface area contributed by atoms with Crippen LogP contribution in [0.2, 0.25) is 0 Å². The molecule has 1 atom stereocenters. The molecule has 1 amide bonds. The summed E-state index contributed by atoms with van der Waals surface area (Å²) >= 11 is 0. The number of ketones is 1. The van der Waals surface area contributed by atoms with Gasteiger partial charge in [-0.1, -0.05) is 12.1 Å². The molecule has 0 aromatic heterocycles. The first kappa shape index (κ1) is 17.5. The Kier molecular flexibility index (Phi) is 4.88. The number of nitrogens with zero attached hydrogens (tertiary/aromatic N) is 1. The minimum absolute atomic E-state index is 0.0281. The molecule has 1 saturated heterocycles. The monoisotopic (exact) mass is 353 g/mol. The standard InChI is InChI=1S/C19H19N3O4/c1-12(23)14-3-2-4-16(9-14)25-11-17-10-22(19(24)26-17)15-7-5-13(6-8-15)18(20)21/h2-9,17H,10-11H2,1H3,(H3,20,21). The van der Waals surface area contributed by atoms with Crippen molar-refractivity contribution < 1.29 is 19.1 Å². The van der Waals surface area contributed by atoms with E-state index in [1.807, 2.05) is 0 Å². The molecule has 2 aromatic carbocycles. The highest BCUT2D eigenvalue weighted by atomic mass is 16.6. The van der Waals surface area contributed by atoms with Crippen LogP contribution in [0.3, 0.4) is 0 Å². The third-order valence-corrected chi connectivity index (χ3v) is 4.04. The van der Waals surface area contributed by atoms with Gasteiger partial charge in [0.1, 0.15) is 18.2 Å². The number of anilines is 1. The Bertz CT molecular complexity index is 848. The van der Waals surface area contributed by atoms with E-state index in [1.165, 1.54) is 11.8 Å². The van der Waals surface area contributed by atoms with Crippen molar-refractivity contribution >= 4 is 23.4 Å². The highest BCUT2D eigenvalue weighted by Crippen LogP contribution is 2.23. The Hall–Kier alpha value is -3.35. The van der Waals surface area contributed by atoms with E-state index in [9.17, 15) is 9.59 Å². The number of cyclic esters (lactones) is 1. The molecule has 1 unspecified atom stereocenters. The summed E-state index contributed by atoms with van der Waals surface area (Å²) in [5.41, 5.74) is 7.26. The molecule has 1 aliphatic rings. The molecular formula is C19H19N3O4. The molecule has 0 saturated carbocycles. The van der Waals surface area contributed by atoms with Gasteiger partial charge in [-0.25, -0.2) is 4.79 Å². The van der Waals surface area contributed by atoms with Gasteiger partial charge in [-0.3, -0.25) is 15.1 Å². The van der Waals surface area contributed by atoms with Crippen LogP contribution in [-0.4, -0.2) is 37.0 Å². The maximum Gasteiger partial charge on any atom is 0.414 e. The third-order valence-electron chi connectivity index (χ3n) is 4.04. The molecule has 134 valence electrons. The molecule has 1 aliphatic heterocycles. The van der Waals surface area contributed by atoms with Crippen LogP contribution >= 0.6 is 0 Å². The zero-order valence-corrected chi connectivity index (χ0v) is 14.3. The molecule has 0 bridgehead atoms. The minimum atomic E-state index is -0.452. The summed E-state index contributed by atoms with van der Waals surface area (Å²) in [6.45, 7) is 2.03. The number of ether oxygens (including phenoxy) is 2. The fraction of sp³-hybridized carbons (Fsp3) is 0.211. The second kappa shape index (κ2) is 7.26. The van der Waals surface area contributed by atoms with Crippen LogP contribution in [0.4, 0.5) is 10.5 Å². The highest BCUT2D eigenvalue weighted by Gasteiger charge is 2.32. The lowest BCUT2D eigenvalue weighted by Gasteiger charge is -2.14. The molecule has 26 heavy (non-hydrogen) atoms. The van der Waals surface area contributed by atoms with Crippen LogP contribution in [0.15, 0.2) is 48.5 Å². The largest absolute Gasteiger partial charge is 0.490 e. The van der Waals surface area contributed by atoms with Gasteiger partial charge in [0.15, 0.2) is 11.9 Å². The number of nitrogens with two attached hydrogens (primary N) is 1. The van der Waals surface area contributed by atoms with Gasteiger partial charge in [0.25, 0.3) is 0 Å². The molecule has 3 rings (SSSR count). The summed E-state index contributed by atoms with van der Waals surface area (Å²) in [6.07, 6.45) is -0.873. The molecular weight excluding hydrogens is 334 g/mol. The smallest absolute Gasteiger partial charge is 0.414 e. The Morgan fingerprint density at radius 1 is 1.27 bits per heavy atom. The van der Waals surface area contributed by atoms with Crippen molar-refractivity contribution in [2.24, 2.45) is 5.73 Å². The zero-order valence-electron chi connectivity index (χ0n) is 14.3. The number of rotatable bonds is 6. The predicted molar refractivity (Wildman–Crippen MR) is 97.0 cm³/mol. The number of nitrogens with one attached hydrogen (secondary N) is 1. The molecule has 7 nitrogen and oxygen atoms in total. The van der Waals surface area contributed by atoms with E-state index in [-0.39, 0.29) is 18.2 Å². The van der Waals surface area contributed by atoms with Crippen LogP contribution in [0.5, 0.6) is 5.75 Å². The lowest BCUT2D eigenvalue weighted by molar-refractivity contribution is 0.101. The molecule has 0 aliphatic carbocycles. The Labute approximate surface area is 150 Å². The molecule has 1 fully saturated rings. The number of carbonyl (C=O) groups is 2. The van der Waals surface area contributed by atoms with Crippen LogP contribution < -0.4 is 15.4 Å². The molecule has 2 aromatic rings. The van der Waals surface area contributed by atoms with Gasteiger partial charge in [0.05, 0.1) is 6.54 Å². The van der Waals surface area contributed by atoms with Crippen molar-refractivity contribution in [3.63, 3.8) is 0 Å². The topological polar surface area (TPSA) is 106 Å². The van der Waals surface area contributed by atoms with Crippen molar-refractivity contribution in [3.05, 3.63) is 59.7 Å². The molecule has 3 N–H and O–H groups in total. The SMILES string of the molecule is CC(=O)c1cccc(OCC2CN(c3ccc(C(=N)N)cc3)C(=O)O2)c1. The predicted octanol–water partition coefficient (Wildman–Crippen LogP) is 2.58. The summed E-state index contributed by atoms with van der Waals surface area (Å²) in [5, 5.41) is 7.40. The van der Waals surface area contributed by atoms with Crippen LogP contribution in [0.25, 0.3) is 0 Å². The van der Waals surface area contributed by atoms with Crippen molar-refractivity contribution in [1.29, 1.82) is 5.41 Å². The maximum atomic E-state index is 12.1. The van der Waals surface area contributed by atoms with Crippen molar-refractivity contribution in [2.45, 2.75) is 13.0 Å². The number of Topliss-reactive ketones (excluding diaryl/α,β-unsaturated/α-hetero) is 1. The summed E-state index contributed by atoms with van der Waals surface area (Å²) in [4.78, 5) is 25.0. The van der Waals surface area contributed by atoms with E-state index in [0.717, 1.165) is 0 Å². The minimum Gasteiger partial charge on any atom is -0.490 e. The summed E-state index contributed by atoms with van der Waals surface area (Å²) < 4.78 is 11.0. The number of amides is 1. The number of carbonyl (C=O) groups excluding carboxylic acids is 2. The van der Waals surface area contributed by atoms with Gasteiger partial charge >= 0.3 is 6.09 Å². The van der Waals surface area contributed by atoms with E-state index < -0.39 is 12.2 Å². The quantitative estimate of drug-likeness (QED) is 0.472. The molecule has 7 heteroatoms. The van der Waals surface area contributed by atoms with E-state index in [2.05, 4.69) is 0 Å². The summed E-state index contributed by atoms with van der Waals surface area (Å²) in [5.74, 6) is 0.487. The average Bonchev–Trinajstić information content (AvgIpc) is 3.01. The van der Waals surface area contributed by atoms with Crippen molar-refractivity contribution in [1.82, 2.24) is 0 Å². The van der Waals surface area contributed by atoms with Crippen LogP contribution in [0, 0.1) is 5.41 Å².